The van der Waals surface area contributed by atoms with Crippen LogP contribution in [0.1, 0.15) is 51.0 Å². The van der Waals surface area contributed by atoms with Crippen molar-refractivity contribution in [2.45, 2.75) is 32.6 Å². The topological polar surface area (TPSA) is 58.4 Å². The summed E-state index contributed by atoms with van der Waals surface area (Å²) >= 11 is 0. The Balaban J connectivity index is 1.30. The zero-order valence-electron chi connectivity index (χ0n) is 18.8. The molecule has 0 saturated carbocycles. The second-order valence-corrected chi connectivity index (χ2v) is 8.65. The number of aromatic nitrogens is 2. The lowest BCUT2D eigenvalue weighted by Gasteiger charge is -2.34. The molecular formula is C26H27FN4O2. The molecule has 2 aromatic carbocycles. The number of piperazine rings is 1. The van der Waals surface area contributed by atoms with Gasteiger partial charge in [0, 0.05) is 43.0 Å². The number of carbonyl (C=O) groups excluding carboxylic acids is 2. The van der Waals surface area contributed by atoms with E-state index < -0.39 is 0 Å². The zero-order chi connectivity index (χ0) is 22.9. The Morgan fingerprint density at radius 3 is 2.15 bits per heavy atom. The molecule has 0 bridgehead atoms. The van der Waals surface area contributed by atoms with E-state index >= 15 is 0 Å². The van der Waals surface area contributed by atoms with Crippen LogP contribution in [0, 0.1) is 5.82 Å². The van der Waals surface area contributed by atoms with Crippen molar-refractivity contribution in [2.75, 3.05) is 26.2 Å². The Morgan fingerprint density at radius 2 is 1.52 bits per heavy atom. The number of nitrogens with zero attached hydrogens (tertiary/aromatic N) is 4. The molecule has 170 valence electrons. The van der Waals surface area contributed by atoms with Crippen LogP contribution in [0.2, 0.25) is 0 Å². The zero-order valence-corrected chi connectivity index (χ0v) is 18.8. The minimum Gasteiger partial charge on any atom is -0.335 e. The maximum absolute atomic E-state index is 13.4. The van der Waals surface area contributed by atoms with Crippen LogP contribution in [0.15, 0.2) is 48.5 Å². The van der Waals surface area contributed by atoms with Gasteiger partial charge in [-0.15, -0.1) is 0 Å². The Morgan fingerprint density at radius 1 is 0.879 bits per heavy atom. The van der Waals surface area contributed by atoms with Crippen molar-refractivity contribution >= 4 is 11.8 Å². The second-order valence-electron chi connectivity index (χ2n) is 8.65. The summed E-state index contributed by atoms with van der Waals surface area (Å²) in [6.07, 6.45) is 3.60. The Kier molecular flexibility index (Phi) is 5.70. The molecule has 7 heteroatoms. The highest BCUT2D eigenvalue weighted by atomic mass is 19.1. The van der Waals surface area contributed by atoms with E-state index in [1.54, 1.807) is 21.7 Å². The van der Waals surface area contributed by atoms with Gasteiger partial charge in [0.2, 0.25) is 0 Å². The lowest BCUT2D eigenvalue weighted by Crippen LogP contribution is -2.50. The molecule has 1 aliphatic heterocycles. The van der Waals surface area contributed by atoms with Gasteiger partial charge in [0.1, 0.15) is 5.82 Å². The van der Waals surface area contributed by atoms with Crippen molar-refractivity contribution < 1.29 is 14.0 Å². The molecule has 0 atom stereocenters. The highest BCUT2D eigenvalue weighted by molar-refractivity contribution is 5.96. The van der Waals surface area contributed by atoms with E-state index in [4.69, 9.17) is 0 Å². The highest BCUT2D eigenvalue weighted by Crippen LogP contribution is 2.29. The normalized spacial score (nSPS) is 15.6. The van der Waals surface area contributed by atoms with Crippen LogP contribution >= 0.6 is 0 Å². The van der Waals surface area contributed by atoms with E-state index in [-0.39, 0.29) is 17.6 Å². The van der Waals surface area contributed by atoms with Crippen molar-refractivity contribution in [3.05, 3.63) is 82.4 Å². The number of fused-ring (bicyclic) bond motifs is 1. The van der Waals surface area contributed by atoms with Crippen LogP contribution in [0.5, 0.6) is 0 Å². The fourth-order valence-electron chi connectivity index (χ4n) is 4.73. The molecule has 1 aliphatic carbocycles. The van der Waals surface area contributed by atoms with Gasteiger partial charge in [0.05, 0.1) is 5.69 Å². The number of rotatable bonds is 4. The van der Waals surface area contributed by atoms with Gasteiger partial charge >= 0.3 is 0 Å². The van der Waals surface area contributed by atoms with E-state index in [9.17, 15) is 14.0 Å². The quantitative estimate of drug-likeness (QED) is 0.615. The number of hydrogen-bond donors (Lipinski definition) is 0. The molecule has 1 saturated heterocycles. The summed E-state index contributed by atoms with van der Waals surface area (Å²) in [4.78, 5) is 29.8. The third kappa shape index (κ3) is 4.03. The summed E-state index contributed by atoms with van der Waals surface area (Å²) in [5, 5.41) is 4.65. The van der Waals surface area contributed by atoms with E-state index in [1.165, 1.54) is 17.7 Å². The molecule has 3 aromatic rings. The SMILES string of the molecule is CCc1ccc(C(=O)N2CCN(C(=O)c3nn(-c4ccc(F)cc4)c4c3CCC4)CC2)cc1. The number of amides is 2. The van der Waals surface area contributed by atoms with Crippen LogP contribution in [-0.4, -0.2) is 57.6 Å². The predicted molar refractivity (Wildman–Crippen MR) is 123 cm³/mol. The molecule has 1 fully saturated rings. The molecule has 5 rings (SSSR count). The Hall–Kier alpha value is -3.48. The number of carbonyl (C=O) groups is 2. The minimum absolute atomic E-state index is 0.00577. The Bertz CT molecular complexity index is 1180. The van der Waals surface area contributed by atoms with Crippen molar-refractivity contribution in [1.82, 2.24) is 19.6 Å². The Labute approximate surface area is 192 Å². The maximum Gasteiger partial charge on any atom is 0.274 e. The van der Waals surface area contributed by atoms with Gasteiger partial charge in [-0.25, -0.2) is 9.07 Å². The smallest absolute Gasteiger partial charge is 0.274 e. The molecule has 1 aromatic heterocycles. The number of hydrogen-bond acceptors (Lipinski definition) is 3. The van der Waals surface area contributed by atoms with Crippen LogP contribution in [0.3, 0.4) is 0 Å². The van der Waals surface area contributed by atoms with Gasteiger partial charge in [0.15, 0.2) is 5.69 Å². The molecular weight excluding hydrogens is 419 g/mol. The first-order valence-electron chi connectivity index (χ1n) is 11.6. The van der Waals surface area contributed by atoms with Crippen molar-refractivity contribution in [3.63, 3.8) is 0 Å². The first kappa shape index (κ1) is 21.4. The summed E-state index contributed by atoms with van der Waals surface area (Å²) in [6, 6.07) is 13.9. The van der Waals surface area contributed by atoms with Gasteiger partial charge in [-0.3, -0.25) is 9.59 Å². The van der Waals surface area contributed by atoms with Crippen LogP contribution in [0.4, 0.5) is 4.39 Å². The molecule has 0 spiro atoms. The molecule has 0 N–H and O–H groups in total. The minimum atomic E-state index is -0.299. The first-order chi connectivity index (χ1) is 16.0. The van der Waals surface area contributed by atoms with E-state index in [0.29, 0.717) is 37.4 Å². The summed E-state index contributed by atoms with van der Waals surface area (Å²) in [5.41, 5.74) is 5.17. The van der Waals surface area contributed by atoms with Gasteiger partial charge in [-0.05, 0) is 67.6 Å². The number of halogens is 1. The van der Waals surface area contributed by atoms with Gasteiger partial charge in [0.25, 0.3) is 11.8 Å². The summed E-state index contributed by atoms with van der Waals surface area (Å²) in [5.74, 6) is -0.382. The second kappa shape index (κ2) is 8.81. The number of aryl methyl sites for hydroxylation is 1. The number of benzene rings is 2. The molecule has 6 nitrogen and oxygen atoms in total. The molecule has 33 heavy (non-hydrogen) atoms. The average Bonchev–Trinajstić information content (AvgIpc) is 3.47. The van der Waals surface area contributed by atoms with Crippen LogP contribution < -0.4 is 0 Å². The lowest BCUT2D eigenvalue weighted by atomic mass is 10.1. The predicted octanol–water partition coefficient (Wildman–Crippen LogP) is 3.66. The largest absolute Gasteiger partial charge is 0.335 e. The van der Waals surface area contributed by atoms with E-state index in [2.05, 4.69) is 12.0 Å². The maximum atomic E-state index is 13.4. The average molecular weight is 447 g/mol. The van der Waals surface area contributed by atoms with Crippen molar-refractivity contribution in [1.29, 1.82) is 0 Å². The monoisotopic (exact) mass is 446 g/mol. The highest BCUT2D eigenvalue weighted by Gasteiger charge is 2.32. The fourth-order valence-corrected chi connectivity index (χ4v) is 4.73. The summed E-state index contributed by atoms with van der Waals surface area (Å²) in [7, 11) is 0. The molecule has 2 heterocycles. The van der Waals surface area contributed by atoms with Gasteiger partial charge in [-0.1, -0.05) is 19.1 Å². The van der Waals surface area contributed by atoms with Gasteiger partial charge < -0.3 is 9.80 Å². The lowest BCUT2D eigenvalue weighted by molar-refractivity contribution is 0.0531. The standard InChI is InChI=1S/C26H27FN4O2/c1-2-18-6-8-19(9-7-18)25(32)29-14-16-30(17-15-29)26(33)24-22-4-3-5-23(22)31(28-24)21-12-10-20(27)11-13-21/h6-13H,2-5,14-17H2,1H3. The fraction of sp³-hybridized carbons (Fsp3) is 0.346. The van der Waals surface area contributed by atoms with Crippen LogP contribution in [0.25, 0.3) is 5.69 Å². The van der Waals surface area contributed by atoms with E-state index in [1.807, 2.05) is 29.2 Å². The molecule has 2 aliphatic rings. The third-order valence-corrected chi connectivity index (χ3v) is 6.67. The van der Waals surface area contributed by atoms with Crippen molar-refractivity contribution in [2.24, 2.45) is 0 Å². The van der Waals surface area contributed by atoms with Gasteiger partial charge in [-0.2, -0.15) is 5.10 Å². The summed E-state index contributed by atoms with van der Waals surface area (Å²) < 4.78 is 15.2. The summed E-state index contributed by atoms with van der Waals surface area (Å²) in [6.45, 7) is 4.05. The molecule has 0 unspecified atom stereocenters. The first-order valence-corrected chi connectivity index (χ1v) is 11.6. The molecule has 0 radical (unpaired) electrons. The molecule has 2 amide bonds. The third-order valence-electron chi connectivity index (χ3n) is 6.67. The van der Waals surface area contributed by atoms with Crippen LogP contribution in [-0.2, 0) is 19.3 Å². The van der Waals surface area contributed by atoms with Crippen molar-refractivity contribution in [3.8, 4) is 5.69 Å². The van der Waals surface area contributed by atoms with E-state index in [0.717, 1.165) is 42.6 Å².